The first-order valence-corrected chi connectivity index (χ1v) is 9.22. The van der Waals surface area contributed by atoms with E-state index in [1.54, 1.807) is 11.3 Å². The molecule has 3 nitrogen and oxygen atoms in total. The summed E-state index contributed by atoms with van der Waals surface area (Å²) in [7, 11) is 0. The van der Waals surface area contributed by atoms with Crippen LogP contribution in [0.15, 0.2) is 17.5 Å². The molecule has 4 heteroatoms. The first-order valence-electron chi connectivity index (χ1n) is 8.34. The van der Waals surface area contributed by atoms with Crippen molar-refractivity contribution in [3.8, 4) is 0 Å². The Kier molecular flexibility index (Phi) is 5.31. The SMILES string of the molecule is O=C(Cc1cccs1)N1CCCC(CN2CCCC2)CC1. The first kappa shape index (κ1) is 15.0. The van der Waals surface area contributed by atoms with Gasteiger partial charge in [-0.2, -0.15) is 0 Å². The Bertz CT molecular complexity index is 440. The van der Waals surface area contributed by atoms with E-state index in [1.165, 1.54) is 56.6 Å². The lowest BCUT2D eigenvalue weighted by Gasteiger charge is -2.23. The second kappa shape index (κ2) is 7.41. The average molecular weight is 306 g/mol. The highest BCUT2D eigenvalue weighted by Gasteiger charge is 2.23. The van der Waals surface area contributed by atoms with Gasteiger partial charge in [0, 0.05) is 24.5 Å². The third-order valence-electron chi connectivity index (χ3n) is 4.82. The van der Waals surface area contributed by atoms with Gasteiger partial charge in [-0.3, -0.25) is 4.79 Å². The molecular formula is C17H26N2OS. The molecule has 2 saturated heterocycles. The Hall–Kier alpha value is -0.870. The molecule has 0 bridgehead atoms. The second-order valence-electron chi connectivity index (χ2n) is 6.44. The number of hydrogen-bond acceptors (Lipinski definition) is 3. The van der Waals surface area contributed by atoms with Gasteiger partial charge in [0.2, 0.25) is 5.91 Å². The van der Waals surface area contributed by atoms with E-state index in [0.29, 0.717) is 12.3 Å². The molecule has 3 rings (SSSR count). The zero-order valence-corrected chi connectivity index (χ0v) is 13.6. The lowest BCUT2D eigenvalue weighted by atomic mass is 10.0. The van der Waals surface area contributed by atoms with Gasteiger partial charge in [0.1, 0.15) is 0 Å². The zero-order chi connectivity index (χ0) is 14.5. The average Bonchev–Trinajstić information content (AvgIpc) is 3.11. The molecular weight excluding hydrogens is 280 g/mol. The molecule has 0 aromatic carbocycles. The fourth-order valence-electron chi connectivity index (χ4n) is 3.60. The summed E-state index contributed by atoms with van der Waals surface area (Å²) in [6.07, 6.45) is 6.99. The van der Waals surface area contributed by atoms with Crippen LogP contribution in [0.2, 0.25) is 0 Å². The third-order valence-corrected chi connectivity index (χ3v) is 5.70. The molecule has 2 aliphatic heterocycles. The molecule has 2 fully saturated rings. The number of amides is 1. The molecule has 1 amide bonds. The minimum absolute atomic E-state index is 0.319. The summed E-state index contributed by atoms with van der Waals surface area (Å²) in [5.74, 6) is 1.11. The molecule has 0 aliphatic carbocycles. The van der Waals surface area contributed by atoms with Gasteiger partial charge in [0.25, 0.3) is 0 Å². The van der Waals surface area contributed by atoms with Crippen LogP contribution in [-0.2, 0) is 11.2 Å². The molecule has 0 saturated carbocycles. The Morgan fingerprint density at radius 1 is 1.14 bits per heavy atom. The molecule has 21 heavy (non-hydrogen) atoms. The van der Waals surface area contributed by atoms with Gasteiger partial charge in [0.15, 0.2) is 0 Å². The summed E-state index contributed by atoms with van der Waals surface area (Å²) in [5, 5.41) is 2.05. The normalized spacial score (nSPS) is 24.2. The Labute approximate surface area is 131 Å². The summed E-state index contributed by atoms with van der Waals surface area (Å²) in [5.41, 5.74) is 0. The molecule has 3 heterocycles. The molecule has 1 unspecified atom stereocenters. The van der Waals surface area contributed by atoms with Crippen LogP contribution in [-0.4, -0.2) is 48.4 Å². The van der Waals surface area contributed by atoms with Crippen LogP contribution in [0.25, 0.3) is 0 Å². The van der Waals surface area contributed by atoms with E-state index in [0.717, 1.165) is 19.0 Å². The van der Waals surface area contributed by atoms with Crippen LogP contribution in [0.5, 0.6) is 0 Å². The molecule has 2 aliphatic rings. The van der Waals surface area contributed by atoms with E-state index in [-0.39, 0.29) is 0 Å². The second-order valence-corrected chi connectivity index (χ2v) is 7.47. The van der Waals surface area contributed by atoms with E-state index >= 15 is 0 Å². The molecule has 1 aromatic heterocycles. The fourth-order valence-corrected chi connectivity index (χ4v) is 4.30. The highest BCUT2D eigenvalue weighted by atomic mass is 32.1. The van der Waals surface area contributed by atoms with Gasteiger partial charge in [-0.1, -0.05) is 6.07 Å². The van der Waals surface area contributed by atoms with Gasteiger partial charge in [0.05, 0.1) is 6.42 Å². The van der Waals surface area contributed by atoms with Crippen LogP contribution in [0.1, 0.15) is 37.0 Å². The van der Waals surface area contributed by atoms with Gasteiger partial charge in [-0.25, -0.2) is 0 Å². The lowest BCUT2D eigenvalue weighted by molar-refractivity contribution is -0.130. The van der Waals surface area contributed by atoms with E-state index in [2.05, 4.69) is 21.2 Å². The lowest BCUT2D eigenvalue weighted by Crippen LogP contribution is -2.33. The van der Waals surface area contributed by atoms with Crippen molar-refractivity contribution in [1.29, 1.82) is 0 Å². The quantitative estimate of drug-likeness (QED) is 0.854. The van der Waals surface area contributed by atoms with Crippen LogP contribution in [0.3, 0.4) is 0 Å². The maximum absolute atomic E-state index is 12.4. The number of rotatable bonds is 4. The molecule has 0 radical (unpaired) electrons. The summed E-state index contributed by atoms with van der Waals surface area (Å²) in [4.78, 5) is 18.3. The number of thiophene rings is 1. The van der Waals surface area contributed by atoms with Crippen molar-refractivity contribution < 1.29 is 4.79 Å². The molecule has 0 spiro atoms. The van der Waals surface area contributed by atoms with Crippen molar-refractivity contribution in [1.82, 2.24) is 9.80 Å². The van der Waals surface area contributed by atoms with Crippen LogP contribution in [0.4, 0.5) is 0 Å². The molecule has 0 N–H and O–H groups in total. The Morgan fingerprint density at radius 2 is 2.00 bits per heavy atom. The number of carbonyl (C=O) groups excluding carboxylic acids is 1. The van der Waals surface area contributed by atoms with Crippen molar-refractivity contribution in [3.63, 3.8) is 0 Å². The molecule has 116 valence electrons. The van der Waals surface area contributed by atoms with Gasteiger partial charge in [-0.05, 0) is 62.6 Å². The molecule has 1 aromatic rings. The Morgan fingerprint density at radius 3 is 2.76 bits per heavy atom. The monoisotopic (exact) mass is 306 g/mol. The summed E-state index contributed by atoms with van der Waals surface area (Å²) in [6.45, 7) is 5.76. The van der Waals surface area contributed by atoms with Gasteiger partial charge >= 0.3 is 0 Å². The zero-order valence-electron chi connectivity index (χ0n) is 12.8. The first-order chi connectivity index (χ1) is 10.3. The van der Waals surface area contributed by atoms with Crippen molar-refractivity contribution in [2.75, 3.05) is 32.7 Å². The third kappa shape index (κ3) is 4.30. The predicted octanol–water partition coefficient (Wildman–Crippen LogP) is 3.02. The standard InChI is InChI=1S/C17H26N2OS/c20-17(13-16-6-4-12-21-16)19-10-3-5-15(7-11-19)14-18-8-1-2-9-18/h4,6,12,15H,1-3,5,7-11,13-14H2. The van der Waals surface area contributed by atoms with Crippen LogP contribution >= 0.6 is 11.3 Å². The smallest absolute Gasteiger partial charge is 0.227 e. The highest BCUT2D eigenvalue weighted by Crippen LogP contribution is 2.21. The largest absolute Gasteiger partial charge is 0.342 e. The number of nitrogens with zero attached hydrogens (tertiary/aromatic N) is 2. The number of carbonyl (C=O) groups is 1. The summed E-state index contributed by atoms with van der Waals surface area (Å²) >= 11 is 1.69. The minimum Gasteiger partial charge on any atom is -0.342 e. The maximum atomic E-state index is 12.4. The maximum Gasteiger partial charge on any atom is 0.227 e. The summed E-state index contributed by atoms with van der Waals surface area (Å²) in [6, 6.07) is 4.10. The topological polar surface area (TPSA) is 23.6 Å². The van der Waals surface area contributed by atoms with Crippen molar-refractivity contribution in [3.05, 3.63) is 22.4 Å². The van der Waals surface area contributed by atoms with Crippen LogP contribution < -0.4 is 0 Å². The van der Waals surface area contributed by atoms with E-state index < -0.39 is 0 Å². The number of hydrogen-bond donors (Lipinski definition) is 0. The summed E-state index contributed by atoms with van der Waals surface area (Å²) < 4.78 is 0. The predicted molar refractivity (Wildman–Crippen MR) is 87.6 cm³/mol. The van der Waals surface area contributed by atoms with E-state index in [1.807, 2.05) is 6.07 Å². The fraction of sp³-hybridized carbons (Fsp3) is 0.706. The van der Waals surface area contributed by atoms with Gasteiger partial charge in [-0.15, -0.1) is 11.3 Å². The van der Waals surface area contributed by atoms with Crippen molar-refractivity contribution in [2.24, 2.45) is 5.92 Å². The van der Waals surface area contributed by atoms with E-state index in [4.69, 9.17) is 0 Å². The Balaban J connectivity index is 1.47. The van der Waals surface area contributed by atoms with Gasteiger partial charge < -0.3 is 9.80 Å². The van der Waals surface area contributed by atoms with Crippen molar-refractivity contribution >= 4 is 17.2 Å². The number of likely N-dealkylation sites (tertiary alicyclic amines) is 2. The molecule has 1 atom stereocenters. The minimum atomic E-state index is 0.319. The van der Waals surface area contributed by atoms with E-state index in [9.17, 15) is 4.79 Å². The van der Waals surface area contributed by atoms with Crippen LogP contribution in [0, 0.1) is 5.92 Å². The highest BCUT2D eigenvalue weighted by molar-refractivity contribution is 7.10. The van der Waals surface area contributed by atoms with Crippen molar-refractivity contribution in [2.45, 2.75) is 38.5 Å².